The maximum Gasteiger partial charge on any atom is 0.224 e. The van der Waals surface area contributed by atoms with Gasteiger partial charge >= 0.3 is 0 Å². The summed E-state index contributed by atoms with van der Waals surface area (Å²) in [6, 6.07) is 4.95. The van der Waals surface area contributed by atoms with Crippen LogP contribution in [0.5, 0.6) is 0 Å². The van der Waals surface area contributed by atoms with Crippen molar-refractivity contribution in [1.29, 1.82) is 0 Å². The molecule has 1 radical (unpaired) electrons. The molecule has 0 aliphatic heterocycles. The first-order valence-electron chi connectivity index (χ1n) is 4.16. The SMILES string of the molecule is CO[C@H]([CH]C(N)=O)c1ccc(Cl)cc1Cl. The Morgan fingerprint density at radius 2 is 2.20 bits per heavy atom. The quantitative estimate of drug-likeness (QED) is 0.887. The molecule has 0 heterocycles. The fourth-order valence-electron chi connectivity index (χ4n) is 1.17. The third kappa shape index (κ3) is 3.38. The highest BCUT2D eigenvalue weighted by Gasteiger charge is 2.17. The van der Waals surface area contributed by atoms with Crippen LogP contribution in [-0.2, 0) is 9.53 Å². The van der Waals surface area contributed by atoms with Gasteiger partial charge < -0.3 is 10.5 Å². The molecule has 1 aromatic carbocycles. The van der Waals surface area contributed by atoms with Gasteiger partial charge in [-0.15, -0.1) is 0 Å². The maximum absolute atomic E-state index is 10.7. The van der Waals surface area contributed by atoms with Gasteiger partial charge in [0.2, 0.25) is 5.91 Å². The summed E-state index contributed by atoms with van der Waals surface area (Å²) in [6.45, 7) is 0. The highest BCUT2D eigenvalue weighted by Crippen LogP contribution is 2.29. The molecule has 0 bridgehead atoms. The van der Waals surface area contributed by atoms with E-state index in [1.54, 1.807) is 18.2 Å². The van der Waals surface area contributed by atoms with E-state index >= 15 is 0 Å². The first-order chi connectivity index (χ1) is 7.04. The predicted molar refractivity (Wildman–Crippen MR) is 59.7 cm³/mol. The molecule has 1 atom stereocenters. The van der Waals surface area contributed by atoms with E-state index in [-0.39, 0.29) is 0 Å². The fourth-order valence-corrected chi connectivity index (χ4v) is 1.68. The zero-order valence-electron chi connectivity index (χ0n) is 8.04. The van der Waals surface area contributed by atoms with E-state index in [1.807, 2.05) is 0 Å². The Balaban J connectivity index is 2.96. The van der Waals surface area contributed by atoms with Crippen LogP contribution in [0.15, 0.2) is 18.2 Å². The number of halogens is 2. The Morgan fingerprint density at radius 3 is 2.67 bits per heavy atom. The molecular formula is C10H10Cl2NO2. The second-order valence-corrected chi connectivity index (χ2v) is 3.73. The Bertz CT molecular complexity index is 368. The molecule has 1 amide bonds. The molecule has 2 N–H and O–H groups in total. The third-order valence-electron chi connectivity index (χ3n) is 1.84. The average Bonchev–Trinajstić information content (AvgIpc) is 2.14. The molecule has 3 nitrogen and oxygen atoms in total. The van der Waals surface area contributed by atoms with E-state index in [0.717, 1.165) is 0 Å². The number of carbonyl (C=O) groups excluding carboxylic acids is 1. The van der Waals surface area contributed by atoms with Crippen molar-refractivity contribution in [2.75, 3.05) is 7.11 Å². The van der Waals surface area contributed by atoms with Crippen LogP contribution in [0.25, 0.3) is 0 Å². The van der Waals surface area contributed by atoms with Crippen LogP contribution in [0.3, 0.4) is 0 Å². The number of carbonyl (C=O) groups is 1. The van der Waals surface area contributed by atoms with Crippen molar-refractivity contribution in [3.63, 3.8) is 0 Å². The lowest BCUT2D eigenvalue weighted by atomic mass is 10.1. The Hall–Kier alpha value is -0.770. The monoisotopic (exact) mass is 246 g/mol. The highest BCUT2D eigenvalue weighted by molar-refractivity contribution is 6.35. The first kappa shape index (κ1) is 12.3. The van der Waals surface area contributed by atoms with Gasteiger partial charge in [-0.25, -0.2) is 0 Å². The van der Waals surface area contributed by atoms with Gasteiger partial charge in [-0.2, -0.15) is 0 Å². The highest BCUT2D eigenvalue weighted by atomic mass is 35.5. The Kier molecular flexibility index (Phi) is 4.39. The van der Waals surface area contributed by atoms with Crippen molar-refractivity contribution in [3.05, 3.63) is 40.2 Å². The Labute approximate surface area is 98.1 Å². The number of ether oxygens (including phenoxy) is 1. The number of hydrogen-bond acceptors (Lipinski definition) is 2. The molecule has 0 aliphatic carbocycles. The lowest BCUT2D eigenvalue weighted by molar-refractivity contribution is -0.116. The number of nitrogens with two attached hydrogens (primary N) is 1. The zero-order valence-corrected chi connectivity index (χ0v) is 9.55. The minimum atomic E-state index is -0.562. The maximum atomic E-state index is 10.7. The van der Waals surface area contributed by atoms with Gasteiger partial charge in [-0.1, -0.05) is 29.3 Å². The molecule has 15 heavy (non-hydrogen) atoms. The van der Waals surface area contributed by atoms with Gasteiger partial charge in [0, 0.05) is 22.7 Å². The molecule has 0 unspecified atom stereocenters. The summed E-state index contributed by atoms with van der Waals surface area (Å²) in [5.74, 6) is -0.562. The van der Waals surface area contributed by atoms with Gasteiger partial charge in [0.1, 0.15) is 0 Å². The molecule has 0 fully saturated rings. The number of primary amides is 1. The number of hydrogen-bond donors (Lipinski definition) is 1. The van der Waals surface area contributed by atoms with Crippen molar-refractivity contribution < 1.29 is 9.53 Å². The molecule has 81 valence electrons. The van der Waals surface area contributed by atoms with Gasteiger partial charge in [0.05, 0.1) is 12.5 Å². The second-order valence-electron chi connectivity index (χ2n) is 2.89. The van der Waals surface area contributed by atoms with Crippen LogP contribution in [-0.4, -0.2) is 13.0 Å². The smallest absolute Gasteiger partial charge is 0.224 e. The molecule has 1 rings (SSSR count). The topological polar surface area (TPSA) is 52.3 Å². The molecule has 0 saturated carbocycles. The second kappa shape index (κ2) is 5.35. The standard InChI is InChI=1S/C10H10Cl2NO2/c1-15-9(5-10(13)14)7-3-2-6(11)4-8(7)12/h2-5,9H,1H3,(H2,13,14)/t9-/m1/s1. The van der Waals surface area contributed by atoms with Crippen LogP contribution < -0.4 is 5.73 Å². The van der Waals surface area contributed by atoms with Gasteiger partial charge in [-0.3, -0.25) is 4.79 Å². The molecule has 1 aromatic rings. The molecule has 0 saturated heterocycles. The largest absolute Gasteiger partial charge is 0.376 e. The summed E-state index contributed by atoms with van der Waals surface area (Å²) in [5.41, 5.74) is 5.70. The minimum absolute atomic E-state index is 0.437. The van der Waals surface area contributed by atoms with E-state index in [9.17, 15) is 4.79 Å². The molecule has 0 spiro atoms. The van der Waals surface area contributed by atoms with Gasteiger partial charge in [0.25, 0.3) is 0 Å². The van der Waals surface area contributed by atoms with Crippen LogP contribution in [0.1, 0.15) is 11.7 Å². The molecule has 5 heteroatoms. The van der Waals surface area contributed by atoms with Crippen LogP contribution >= 0.6 is 23.2 Å². The number of benzene rings is 1. The zero-order chi connectivity index (χ0) is 11.4. The summed E-state index contributed by atoms with van der Waals surface area (Å²) in [6.07, 6.45) is 0.696. The van der Waals surface area contributed by atoms with Crippen LogP contribution in [0.4, 0.5) is 0 Å². The normalized spacial score (nSPS) is 12.5. The van der Waals surface area contributed by atoms with E-state index in [0.29, 0.717) is 15.6 Å². The summed E-state index contributed by atoms with van der Waals surface area (Å²) >= 11 is 11.7. The third-order valence-corrected chi connectivity index (χ3v) is 2.40. The molecule has 0 aromatic heterocycles. The van der Waals surface area contributed by atoms with Crippen molar-refractivity contribution in [1.82, 2.24) is 0 Å². The van der Waals surface area contributed by atoms with Gasteiger partial charge in [-0.05, 0) is 12.1 Å². The van der Waals surface area contributed by atoms with E-state index < -0.39 is 12.0 Å². The molecule has 0 aliphatic rings. The first-order valence-corrected chi connectivity index (χ1v) is 4.92. The summed E-state index contributed by atoms with van der Waals surface area (Å²) < 4.78 is 5.08. The average molecular weight is 247 g/mol. The lowest BCUT2D eigenvalue weighted by Crippen LogP contribution is -2.17. The summed E-state index contributed by atoms with van der Waals surface area (Å²) in [4.78, 5) is 10.7. The molecular weight excluding hydrogens is 237 g/mol. The summed E-state index contributed by atoms with van der Waals surface area (Å²) in [5, 5.41) is 0.963. The number of rotatable bonds is 4. The minimum Gasteiger partial charge on any atom is -0.376 e. The van der Waals surface area contributed by atoms with E-state index in [4.69, 9.17) is 33.7 Å². The van der Waals surface area contributed by atoms with Crippen molar-refractivity contribution >= 4 is 29.1 Å². The van der Waals surface area contributed by atoms with Crippen LogP contribution in [0, 0.1) is 6.42 Å². The lowest BCUT2D eigenvalue weighted by Gasteiger charge is -2.15. The number of amides is 1. The van der Waals surface area contributed by atoms with Crippen molar-refractivity contribution in [2.45, 2.75) is 6.10 Å². The van der Waals surface area contributed by atoms with Crippen molar-refractivity contribution in [3.8, 4) is 0 Å². The van der Waals surface area contributed by atoms with Crippen molar-refractivity contribution in [2.24, 2.45) is 5.73 Å². The van der Waals surface area contributed by atoms with Gasteiger partial charge in [0.15, 0.2) is 0 Å². The predicted octanol–water partition coefficient (Wildman–Crippen LogP) is 2.37. The Morgan fingerprint density at radius 1 is 1.53 bits per heavy atom. The van der Waals surface area contributed by atoms with E-state index in [2.05, 4.69) is 0 Å². The summed E-state index contributed by atoms with van der Waals surface area (Å²) in [7, 11) is 1.47. The van der Waals surface area contributed by atoms with E-state index in [1.165, 1.54) is 13.5 Å². The number of methoxy groups -OCH3 is 1. The van der Waals surface area contributed by atoms with Crippen LogP contribution in [0.2, 0.25) is 10.0 Å². The fraction of sp³-hybridized carbons (Fsp3) is 0.200.